The Morgan fingerprint density at radius 2 is 1.73 bits per heavy atom. The smallest absolute Gasteiger partial charge is 0.209 e. The molecule has 0 aliphatic carbocycles. The molecule has 0 atom stereocenters. The molecule has 2 aromatic carbocycles. The van der Waals surface area contributed by atoms with Crippen LogP contribution in [-0.2, 0) is 6.54 Å². The largest absolute Gasteiger partial charge is 0.221 e. The van der Waals surface area contributed by atoms with Gasteiger partial charge >= 0.3 is 0 Å². The summed E-state index contributed by atoms with van der Waals surface area (Å²) in [5.41, 5.74) is 2.35. The van der Waals surface area contributed by atoms with Crippen LogP contribution in [0.15, 0.2) is 54.7 Å². The number of halogens is 3. The minimum absolute atomic E-state index is 0.364. The van der Waals surface area contributed by atoms with E-state index in [-0.39, 0.29) is 0 Å². The van der Waals surface area contributed by atoms with Crippen molar-refractivity contribution in [2.75, 3.05) is 0 Å². The molecule has 0 fully saturated rings. The highest BCUT2D eigenvalue weighted by Crippen LogP contribution is 2.30. The zero-order valence-corrected chi connectivity index (χ0v) is 15.5. The monoisotopic (exact) mass is 404 g/mol. The van der Waals surface area contributed by atoms with E-state index in [4.69, 9.17) is 34.8 Å². The fraction of sp³-hybridized carbons (Fsp3) is 0.0588. The molecule has 130 valence electrons. The SMILES string of the molecule is Clc1ccc(-n2ncc(-c3nnn(Cc4ccccc4)n3)c2Cl)cc1Cl. The Kier molecular flexibility index (Phi) is 4.63. The topological polar surface area (TPSA) is 61.4 Å². The lowest BCUT2D eigenvalue weighted by molar-refractivity contribution is 0.573. The average Bonchev–Trinajstić information content (AvgIpc) is 3.25. The molecule has 0 saturated carbocycles. The third-order valence-electron chi connectivity index (χ3n) is 3.72. The molecule has 0 aliphatic heterocycles. The molecule has 4 aromatic rings. The van der Waals surface area contributed by atoms with Crippen molar-refractivity contribution in [2.24, 2.45) is 0 Å². The maximum absolute atomic E-state index is 6.46. The van der Waals surface area contributed by atoms with Crippen molar-refractivity contribution < 1.29 is 0 Å². The lowest BCUT2D eigenvalue weighted by atomic mass is 10.2. The van der Waals surface area contributed by atoms with Gasteiger partial charge in [-0.2, -0.15) is 9.90 Å². The van der Waals surface area contributed by atoms with E-state index in [9.17, 15) is 0 Å². The van der Waals surface area contributed by atoms with Gasteiger partial charge in [-0.05, 0) is 29.0 Å². The molecule has 9 heteroatoms. The number of hydrogen-bond donors (Lipinski definition) is 0. The van der Waals surface area contributed by atoms with Crippen LogP contribution in [0.5, 0.6) is 0 Å². The second-order valence-electron chi connectivity index (χ2n) is 5.49. The van der Waals surface area contributed by atoms with Crippen molar-refractivity contribution >= 4 is 34.8 Å². The summed E-state index contributed by atoms with van der Waals surface area (Å²) in [5, 5.41) is 18.1. The Balaban J connectivity index is 1.63. The molecule has 0 N–H and O–H groups in total. The van der Waals surface area contributed by atoms with Crippen molar-refractivity contribution in [2.45, 2.75) is 6.54 Å². The zero-order chi connectivity index (χ0) is 18.1. The number of benzene rings is 2. The molecule has 0 unspecified atom stereocenters. The zero-order valence-electron chi connectivity index (χ0n) is 13.2. The molecular weight excluding hydrogens is 395 g/mol. The first kappa shape index (κ1) is 17.0. The first-order valence-corrected chi connectivity index (χ1v) is 8.76. The summed E-state index contributed by atoms with van der Waals surface area (Å²) in [4.78, 5) is 1.51. The van der Waals surface area contributed by atoms with E-state index in [1.165, 1.54) is 9.48 Å². The molecule has 0 radical (unpaired) electrons. The van der Waals surface area contributed by atoms with Crippen LogP contribution in [0.25, 0.3) is 17.1 Å². The summed E-state index contributed by atoms with van der Waals surface area (Å²) in [6, 6.07) is 15.0. The highest BCUT2D eigenvalue weighted by Gasteiger charge is 2.17. The van der Waals surface area contributed by atoms with Crippen molar-refractivity contribution in [3.05, 3.63) is 75.5 Å². The van der Waals surface area contributed by atoms with E-state index in [0.717, 1.165) is 5.56 Å². The molecule has 26 heavy (non-hydrogen) atoms. The van der Waals surface area contributed by atoms with Gasteiger partial charge in [-0.3, -0.25) is 0 Å². The third-order valence-corrected chi connectivity index (χ3v) is 4.82. The quantitative estimate of drug-likeness (QED) is 0.500. The number of rotatable bonds is 4. The van der Waals surface area contributed by atoms with Gasteiger partial charge in [-0.1, -0.05) is 65.1 Å². The van der Waals surface area contributed by atoms with Gasteiger partial charge in [0.2, 0.25) is 5.82 Å². The average molecular weight is 406 g/mol. The van der Waals surface area contributed by atoms with Gasteiger partial charge in [0.25, 0.3) is 0 Å². The molecule has 0 amide bonds. The molecule has 0 bridgehead atoms. The molecular formula is C17H11Cl3N6. The Bertz CT molecular complexity index is 1060. The maximum atomic E-state index is 6.46. The highest BCUT2D eigenvalue weighted by atomic mass is 35.5. The summed E-state index contributed by atoms with van der Waals surface area (Å²) in [5.74, 6) is 0.400. The number of hydrogen-bond acceptors (Lipinski definition) is 4. The Hall–Kier alpha value is -2.41. The van der Waals surface area contributed by atoms with Crippen LogP contribution < -0.4 is 0 Å². The van der Waals surface area contributed by atoms with Crippen LogP contribution in [0.4, 0.5) is 0 Å². The fourth-order valence-electron chi connectivity index (χ4n) is 2.45. The predicted octanol–water partition coefficient (Wildman–Crippen LogP) is 4.53. The number of tetrazole rings is 1. The predicted molar refractivity (Wildman–Crippen MR) is 101 cm³/mol. The van der Waals surface area contributed by atoms with Crippen LogP contribution in [0.2, 0.25) is 15.2 Å². The summed E-state index contributed by atoms with van der Waals surface area (Å²) < 4.78 is 1.54. The van der Waals surface area contributed by atoms with Gasteiger partial charge in [0.1, 0.15) is 5.15 Å². The highest BCUT2D eigenvalue weighted by molar-refractivity contribution is 6.42. The summed E-state index contributed by atoms with van der Waals surface area (Å²) in [7, 11) is 0. The summed E-state index contributed by atoms with van der Waals surface area (Å²) >= 11 is 18.5. The van der Waals surface area contributed by atoms with Crippen molar-refractivity contribution in [1.29, 1.82) is 0 Å². The molecule has 0 aliphatic rings. The minimum Gasteiger partial charge on any atom is -0.221 e. The summed E-state index contributed by atoms with van der Waals surface area (Å²) in [6.07, 6.45) is 1.59. The maximum Gasteiger partial charge on any atom is 0.209 e. The number of nitrogens with zero attached hydrogens (tertiary/aromatic N) is 6. The lowest BCUT2D eigenvalue weighted by Crippen LogP contribution is -2.03. The van der Waals surface area contributed by atoms with Crippen molar-refractivity contribution in [3.8, 4) is 17.1 Å². The van der Waals surface area contributed by atoms with Crippen LogP contribution in [0.1, 0.15) is 5.56 Å². The van der Waals surface area contributed by atoms with Gasteiger partial charge in [-0.15, -0.1) is 10.2 Å². The lowest BCUT2D eigenvalue weighted by Gasteiger charge is -2.04. The Labute approximate surface area is 163 Å². The van der Waals surface area contributed by atoms with Gasteiger partial charge in [0, 0.05) is 0 Å². The van der Waals surface area contributed by atoms with Gasteiger partial charge < -0.3 is 0 Å². The third kappa shape index (κ3) is 3.31. The first-order valence-electron chi connectivity index (χ1n) is 7.63. The minimum atomic E-state index is 0.364. The molecule has 0 spiro atoms. The second-order valence-corrected chi connectivity index (χ2v) is 6.66. The van der Waals surface area contributed by atoms with Crippen molar-refractivity contribution in [3.63, 3.8) is 0 Å². The normalized spacial score (nSPS) is 11.0. The van der Waals surface area contributed by atoms with E-state index in [0.29, 0.717) is 38.8 Å². The van der Waals surface area contributed by atoms with Crippen LogP contribution in [-0.4, -0.2) is 30.0 Å². The Morgan fingerprint density at radius 3 is 2.50 bits per heavy atom. The standard InChI is InChI=1S/C17H11Cl3N6/c18-14-7-6-12(8-15(14)19)26-16(20)13(9-21-26)17-22-24-25(23-17)10-11-4-2-1-3-5-11/h1-9H,10H2. The van der Waals surface area contributed by atoms with E-state index in [1.54, 1.807) is 24.4 Å². The Morgan fingerprint density at radius 1 is 0.923 bits per heavy atom. The van der Waals surface area contributed by atoms with Gasteiger partial charge in [-0.25, -0.2) is 4.68 Å². The first-order chi connectivity index (χ1) is 12.6. The van der Waals surface area contributed by atoms with E-state index in [2.05, 4.69) is 20.5 Å². The number of aromatic nitrogens is 6. The molecule has 2 heterocycles. The molecule has 4 rings (SSSR count). The fourth-order valence-corrected chi connectivity index (χ4v) is 3.01. The van der Waals surface area contributed by atoms with Gasteiger partial charge in [0.05, 0.1) is 34.0 Å². The van der Waals surface area contributed by atoms with Crippen LogP contribution in [0.3, 0.4) is 0 Å². The van der Waals surface area contributed by atoms with E-state index in [1.807, 2.05) is 30.3 Å². The molecule has 0 saturated heterocycles. The summed E-state index contributed by atoms with van der Waals surface area (Å²) in [6.45, 7) is 0.520. The van der Waals surface area contributed by atoms with Crippen LogP contribution >= 0.6 is 34.8 Å². The van der Waals surface area contributed by atoms with Gasteiger partial charge in [0.15, 0.2) is 0 Å². The molecule has 6 nitrogen and oxygen atoms in total. The van der Waals surface area contributed by atoms with E-state index >= 15 is 0 Å². The van der Waals surface area contributed by atoms with E-state index < -0.39 is 0 Å². The second kappa shape index (κ2) is 7.07. The molecule has 2 aromatic heterocycles. The van der Waals surface area contributed by atoms with Crippen LogP contribution in [0, 0.1) is 0 Å². The van der Waals surface area contributed by atoms with Crippen molar-refractivity contribution in [1.82, 2.24) is 30.0 Å².